The number of rotatable bonds is 6. The Morgan fingerprint density at radius 2 is 2.06 bits per heavy atom. The maximum absolute atomic E-state index is 5.30. The summed E-state index contributed by atoms with van der Waals surface area (Å²) in [6.45, 7) is 6.14. The summed E-state index contributed by atoms with van der Waals surface area (Å²) in [5.74, 6) is 5.38. The van der Waals surface area contributed by atoms with Gasteiger partial charge in [0.1, 0.15) is 0 Å². The molecule has 3 N–H and O–H groups in total. The van der Waals surface area contributed by atoms with Crippen LogP contribution in [-0.2, 0) is 0 Å². The topological polar surface area (TPSA) is 95.2 Å². The van der Waals surface area contributed by atoms with Gasteiger partial charge in [-0.2, -0.15) is 9.97 Å². The van der Waals surface area contributed by atoms with Crippen LogP contribution in [0, 0.1) is 0 Å². The number of methoxy groups -OCH3 is 1. The molecular formula is C9H15N5O2. The van der Waals surface area contributed by atoms with Crippen molar-refractivity contribution in [2.24, 2.45) is 5.84 Å². The number of hydrazine groups is 1. The summed E-state index contributed by atoms with van der Waals surface area (Å²) >= 11 is 0. The molecule has 88 valence electrons. The van der Waals surface area contributed by atoms with Crippen LogP contribution in [0.2, 0.25) is 0 Å². The molecular weight excluding hydrogens is 210 g/mol. The fourth-order valence-electron chi connectivity index (χ4n) is 0.875. The molecule has 0 saturated carbocycles. The third-order valence-electron chi connectivity index (χ3n) is 1.67. The van der Waals surface area contributed by atoms with Crippen molar-refractivity contribution in [3.8, 4) is 12.0 Å². The van der Waals surface area contributed by atoms with Gasteiger partial charge in [-0.05, 0) is 6.92 Å². The van der Waals surface area contributed by atoms with Gasteiger partial charge in [-0.15, -0.1) is 11.6 Å². The molecule has 0 bridgehead atoms. The highest BCUT2D eigenvalue weighted by atomic mass is 16.5. The van der Waals surface area contributed by atoms with Crippen molar-refractivity contribution in [1.82, 2.24) is 15.0 Å². The Balaban J connectivity index is 2.67. The molecule has 0 aliphatic heterocycles. The number of nitrogens with two attached hydrogens (primary N) is 1. The first-order valence-corrected chi connectivity index (χ1v) is 4.69. The van der Waals surface area contributed by atoms with Crippen molar-refractivity contribution in [3.05, 3.63) is 12.2 Å². The standard InChI is InChI=1S/C9H15N5O2/c1-6(2)4-5-16-9-12-7(14-10)11-8(13-9)15-3/h1,4-5,10H2,2-3H3,(H,11,12,13,14). The maximum Gasteiger partial charge on any atom is 0.324 e. The number of ether oxygens (including phenoxy) is 2. The molecule has 0 fully saturated rings. The molecule has 0 spiro atoms. The molecule has 0 radical (unpaired) electrons. The van der Waals surface area contributed by atoms with Crippen LogP contribution in [0.1, 0.15) is 13.3 Å². The van der Waals surface area contributed by atoms with Crippen LogP contribution in [0.3, 0.4) is 0 Å². The van der Waals surface area contributed by atoms with Gasteiger partial charge in [0.15, 0.2) is 0 Å². The summed E-state index contributed by atoms with van der Waals surface area (Å²) in [5, 5.41) is 0. The molecule has 0 aliphatic rings. The van der Waals surface area contributed by atoms with Gasteiger partial charge in [-0.25, -0.2) is 5.84 Å². The molecule has 1 rings (SSSR count). The average molecular weight is 225 g/mol. The second kappa shape index (κ2) is 5.86. The lowest BCUT2D eigenvalue weighted by Crippen LogP contribution is -2.13. The molecule has 7 heteroatoms. The highest BCUT2D eigenvalue weighted by molar-refractivity contribution is 5.25. The normalized spacial score (nSPS) is 9.69. The zero-order valence-electron chi connectivity index (χ0n) is 9.36. The van der Waals surface area contributed by atoms with E-state index < -0.39 is 0 Å². The summed E-state index contributed by atoms with van der Waals surface area (Å²) in [7, 11) is 1.45. The van der Waals surface area contributed by atoms with Gasteiger partial charge in [0.05, 0.1) is 13.7 Å². The van der Waals surface area contributed by atoms with Crippen molar-refractivity contribution in [1.29, 1.82) is 0 Å². The van der Waals surface area contributed by atoms with Crippen molar-refractivity contribution in [2.45, 2.75) is 13.3 Å². The zero-order valence-corrected chi connectivity index (χ0v) is 9.36. The van der Waals surface area contributed by atoms with Crippen LogP contribution < -0.4 is 20.7 Å². The molecule has 0 unspecified atom stereocenters. The lowest BCUT2D eigenvalue weighted by molar-refractivity contribution is 0.284. The van der Waals surface area contributed by atoms with Gasteiger partial charge in [0.2, 0.25) is 5.95 Å². The Morgan fingerprint density at radius 1 is 1.38 bits per heavy atom. The Bertz CT molecular complexity index is 347. The summed E-state index contributed by atoms with van der Waals surface area (Å²) in [6, 6.07) is 0.314. The van der Waals surface area contributed by atoms with Gasteiger partial charge in [-0.3, -0.25) is 5.43 Å². The molecule has 16 heavy (non-hydrogen) atoms. The van der Waals surface area contributed by atoms with E-state index in [1.807, 2.05) is 6.92 Å². The average Bonchev–Trinajstić information content (AvgIpc) is 2.28. The third kappa shape index (κ3) is 3.70. The number of nitrogens with zero attached hydrogens (tertiary/aromatic N) is 3. The van der Waals surface area contributed by atoms with E-state index in [0.717, 1.165) is 12.0 Å². The number of aromatic nitrogens is 3. The van der Waals surface area contributed by atoms with E-state index in [4.69, 9.17) is 15.3 Å². The maximum atomic E-state index is 5.30. The first-order valence-electron chi connectivity index (χ1n) is 4.69. The predicted octanol–water partition coefficient (Wildman–Crippen LogP) is 0.511. The van der Waals surface area contributed by atoms with Crippen molar-refractivity contribution >= 4 is 5.95 Å². The van der Waals surface area contributed by atoms with Gasteiger partial charge >= 0.3 is 12.0 Å². The molecule has 0 aliphatic carbocycles. The molecule has 0 atom stereocenters. The minimum atomic E-state index is 0.147. The minimum Gasteiger partial charge on any atom is -0.467 e. The minimum absolute atomic E-state index is 0.147. The molecule has 0 saturated heterocycles. The van der Waals surface area contributed by atoms with Crippen LogP contribution in [0.25, 0.3) is 0 Å². The highest BCUT2D eigenvalue weighted by Crippen LogP contribution is 2.12. The number of hydrogen-bond acceptors (Lipinski definition) is 7. The molecule has 1 heterocycles. The first kappa shape index (κ1) is 12.2. The quantitative estimate of drug-likeness (QED) is 0.413. The number of anilines is 1. The molecule has 1 aromatic heterocycles. The van der Waals surface area contributed by atoms with Gasteiger partial charge in [0, 0.05) is 6.42 Å². The van der Waals surface area contributed by atoms with E-state index in [9.17, 15) is 0 Å². The van der Waals surface area contributed by atoms with E-state index in [2.05, 4.69) is 27.0 Å². The van der Waals surface area contributed by atoms with E-state index in [0.29, 0.717) is 6.61 Å². The van der Waals surface area contributed by atoms with Crippen LogP contribution in [-0.4, -0.2) is 28.7 Å². The first-order chi connectivity index (χ1) is 7.65. The number of nitrogens with one attached hydrogen (secondary N) is 1. The van der Waals surface area contributed by atoms with Crippen LogP contribution in [0.4, 0.5) is 5.95 Å². The second-order valence-electron chi connectivity index (χ2n) is 3.13. The van der Waals surface area contributed by atoms with Gasteiger partial charge in [-0.1, -0.05) is 5.57 Å². The Hall–Kier alpha value is -1.89. The highest BCUT2D eigenvalue weighted by Gasteiger charge is 2.06. The Labute approximate surface area is 93.7 Å². The van der Waals surface area contributed by atoms with Crippen molar-refractivity contribution in [3.63, 3.8) is 0 Å². The molecule has 0 amide bonds. The lowest BCUT2D eigenvalue weighted by atomic mass is 10.3. The SMILES string of the molecule is C=C(C)CCOc1nc(NN)nc(OC)n1. The third-order valence-corrected chi connectivity index (χ3v) is 1.67. The second-order valence-corrected chi connectivity index (χ2v) is 3.13. The zero-order chi connectivity index (χ0) is 12.0. The monoisotopic (exact) mass is 225 g/mol. The van der Waals surface area contributed by atoms with Crippen molar-refractivity contribution in [2.75, 3.05) is 19.1 Å². The molecule has 0 aromatic carbocycles. The summed E-state index contributed by atoms with van der Waals surface area (Å²) < 4.78 is 10.2. The number of hydrogen-bond donors (Lipinski definition) is 2. The Morgan fingerprint density at radius 3 is 2.62 bits per heavy atom. The predicted molar refractivity (Wildman–Crippen MR) is 59.1 cm³/mol. The van der Waals surface area contributed by atoms with E-state index in [1.54, 1.807) is 0 Å². The molecule has 7 nitrogen and oxygen atoms in total. The van der Waals surface area contributed by atoms with Crippen LogP contribution in [0.5, 0.6) is 12.0 Å². The Kier molecular flexibility index (Phi) is 4.46. The summed E-state index contributed by atoms with van der Waals surface area (Å²) in [5.41, 5.74) is 3.33. The number of nitrogen functional groups attached to an aromatic ring is 1. The fourth-order valence-corrected chi connectivity index (χ4v) is 0.875. The van der Waals surface area contributed by atoms with Gasteiger partial charge in [0.25, 0.3) is 0 Å². The fraction of sp³-hybridized carbons (Fsp3) is 0.444. The largest absolute Gasteiger partial charge is 0.467 e. The smallest absolute Gasteiger partial charge is 0.324 e. The molecule has 1 aromatic rings. The van der Waals surface area contributed by atoms with Crippen molar-refractivity contribution < 1.29 is 9.47 Å². The lowest BCUT2D eigenvalue weighted by Gasteiger charge is -2.06. The van der Waals surface area contributed by atoms with Crippen LogP contribution in [0.15, 0.2) is 12.2 Å². The van der Waals surface area contributed by atoms with Crippen LogP contribution >= 0.6 is 0 Å². The van der Waals surface area contributed by atoms with E-state index >= 15 is 0 Å². The summed E-state index contributed by atoms with van der Waals surface area (Å²) in [6.07, 6.45) is 0.736. The van der Waals surface area contributed by atoms with E-state index in [1.165, 1.54) is 7.11 Å². The van der Waals surface area contributed by atoms with Gasteiger partial charge < -0.3 is 9.47 Å². The van der Waals surface area contributed by atoms with E-state index in [-0.39, 0.29) is 18.0 Å². The summed E-state index contributed by atoms with van der Waals surface area (Å²) in [4.78, 5) is 11.6.